The van der Waals surface area contributed by atoms with E-state index in [9.17, 15) is 9.18 Å². The first kappa shape index (κ1) is 13.0. The normalized spacial score (nSPS) is 12.0. The van der Waals surface area contributed by atoms with Crippen molar-refractivity contribution in [2.24, 2.45) is 0 Å². The predicted molar refractivity (Wildman–Crippen MR) is 64.4 cm³/mol. The molecule has 0 aliphatic heterocycles. The van der Waals surface area contributed by atoms with E-state index in [1.165, 1.54) is 13.2 Å². The molecule has 0 heterocycles. The summed E-state index contributed by atoms with van der Waals surface area (Å²) in [4.78, 5) is 10.7. The third-order valence-electron chi connectivity index (χ3n) is 2.20. The van der Waals surface area contributed by atoms with Gasteiger partial charge < -0.3 is 10.1 Å². The number of carbonyl (C=O) groups excluding carboxylic acids is 1. The Balaban J connectivity index is 2.61. The molecule has 0 aromatic heterocycles. The molecule has 1 unspecified atom stereocenters. The van der Waals surface area contributed by atoms with Gasteiger partial charge in [0.25, 0.3) is 0 Å². The number of hydrogen-bond acceptors (Lipinski definition) is 3. The van der Waals surface area contributed by atoms with Gasteiger partial charge in [-0.1, -0.05) is 22.0 Å². The molecule has 1 atom stereocenters. The van der Waals surface area contributed by atoms with E-state index >= 15 is 0 Å². The molecule has 16 heavy (non-hydrogen) atoms. The van der Waals surface area contributed by atoms with Crippen molar-refractivity contribution in [1.29, 1.82) is 0 Å². The zero-order chi connectivity index (χ0) is 12.1. The molecule has 1 aromatic rings. The predicted octanol–water partition coefficient (Wildman–Crippen LogP) is 2.48. The Labute approximate surface area is 102 Å². The maximum absolute atomic E-state index is 13.2. The number of esters is 1. The summed E-state index contributed by atoms with van der Waals surface area (Å²) < 4.78 is 17.7. The van der Waals surface area contributed by atoms with Crippen LogP contribution in [0.2, 0.25) is 0 Å². The van der Waals surface area contributed by atoms with Gasteiger partial charge in [0.15, 0.2) is 0 Å². The van der Waals surface area contributed by atoms with Crippen molar-refractivity contribution in [2.45, 2.75) is 11.8 Å². The molecular weight excluding hydrogens is 277 g/mol. The van der Waals surface area contributed by atoms with Gasteiger partial charge in [0, 0.05) is 17.8 Å². The summed E-state index contributed by atoms with van der Waals surface area (Å²) in [5.41, 5.74) is 1.21. The Morgan fingerprint density at radius 3 is 2.94 bits per heavy atom. The average molecular weight is 290 g/mol. The van der Waals surface area contributed by atoms with Crippen molar-refractivity contribution >= 4 is 27.6 Å². The van der Waals surface area contributed by atoms with Crippen molar-refractivity contribution < 1.29 is 13.9 Å². The monoisotopic (exact) mass is 289 g/mol. The number of nitrogens with one attached hydrogen (secondary N) is 1. The van der Waals surface area contributed by atoms with Crippen LogP contribution >= 0.6 is 15.9 Å². The molecule has 0 amide bonds. The molecule has 1 aromatic carbocycles. The molecule has 5 heteroatoms. The van der Waals surface area contributed by atoms with Gasteiger partial charge in [0.2, 0.25) is 0 Å². The summed E-state index contributed by atoms with van der Waals surface area (Å²) in [6, 6.07) is 4.77. The van der Waals surface area contributed by atoms with Gasteiger partial charge in [-0.2, -0.15) is 0 Å². The Kier molecular flexibility index (Phi) is 4.73. The van der Waals surface area contributed by atoms with Crippen LogP contribution < -0.4 is 5.32 Å². The van der Waals surface area contributed by atoms with Gasteiger partial charge in [-0.05, 0) is 19.1 Å². The number of rotatable bonds is 4. The van der Waals surface area contributed by atoms with Gasteiger partial charge in [-0.15, -0.1) is 0 Å². The largest absolute Gasteiger partial charge is 0.468 e. The van der Waals surface area contributed by atoms with Gasteiger partial charge >= 0.3 is 5.97 Å². The standard InChI is InChI=1S/C11H13BrFNO2/c1-7-9(13)4-3-5-10(7)14-6-8(12)11(15)16-2/h3-5,8,14H,6H2,1-2H3. The summed E-state index contributed by atoms with van der Waals surface area (Å²) in [5, 5.41) is 2.98. The van der Waals surface area contributed by atoms with Crippen LogP contribution in [-0.4, -0.2) is 24.5 Å². The molecule has 1 rings (SSSR count). The van der Waals surface area contributed by atoms with Gasteiger partial charge in [-0.25, -0.2) is 4.39 Å². The second-order valence-electron chi connectivity index (χ2n) is 3.28. The summed E-state index contributed by atoms with van der Waals surface area (Å²) in [6.07, 6.45) is 0. The molecule has 0 saturated carbocycles. The van der Waals surface area contributed by atoms with Crippen LogP contribution in [0.5, 0.6) is 0 Å². The highest BCUT2D eigenvalue weighted by Gasteiger charge is 2.15. The second kappa shape index (κ2) is 5.84. The maximum atomic E-state index is 13.2. The molecule has 0 aliphatic carbocycles. The Morgan fingerprint density at radius 1 is 1.62 bits per heavy atom. The molecule has 0 aliphatic rings. The van der Waals surface area contributed by atoms with E-state index in [4.69, 9.17) is 0 Å². The van der Waals surface area contributed by atoms with Crippen molar-refractivity contribution in [3.63, 3.8) is 0 Å². The van der Waals surface area contributed by atoms with Gasteiger partial charge in [0.05, 0.1) is 7.11 Å². The molecular formula is C11H13BrFNO2. The van der Waals surface area contributed by atoms with Crippen molar-refractivity contribution in [1.82, 2.24) is 0 Å². The number of ether oxygens (including phenoxy) is 1. The fourth-order valence-corrected chi connectivity index (χ4v) is 1.56. The van der Waals surface area contributed by atoms with E-state index in [1.807, 2.05) is 0 Å². The fourth-order valence-electron chi connectivity index (χ4n) is 1.21. The van der Waals surface area contributed by atoms with Crippen molar-refractivity contribution in [3.05, 3.63) is 29.6 Å². The number of anilines is 1. The molecule has 0 spiro atoms. The van der Waals surface area contributed by atoms with Crippen LogP contribution in [-0.2, 0) is 9.53 Å². The summed E-state index contributed by atoms with van der Waals surface area (Å²) in [6.45, 7) is 2.02. The van der Waals surface area contributed by atoms with Crippen LogP contribution in [0.3, 0.4) is 0 Å². The molecule has 0 bridgehead atoms. The molecule has 88 valence electrons. The van der Waals surface area contributed by atoms with E-state index in [2.05, 4.69) is 26.0 Å². The lowest BCUT2D eigenvalue weighted by Crippen LogP contribution is -2.24. The summed E-state index contributed by atoms with van der Waals surface area (Å²) in [5.74, 6) is -0.629. The topological polar surface area (TPSA) is 38.3 Å². The average Bonchev–Trinajstić information content (AvgIpc) is 2.29. The van der Waals surface area contributed by atoms with E-state index in [1.54, 1.807) is 19.1 Å². The van der Waals surface area contributed by atoms with Crippen LogP contribution in [0.25, 0.3) is 0 Å². The van der Waals surface area contributed by atoms with E-state index in [0.29, 0.717) is 17.8 Å². The number of carbonyl (C=O) groups is 1. The quantitative estimate of drug-likeness (QED) is 0.684. The highest BCUT2D eigenvalue weighted by atomic mass is 79.9. The lowest BCUT2D eigenvalue weighted by atomic mass is 10.2. The first-order chi connectivity index (χ1) is 7.56. The highest BCUT2D eigenvalue weighted by Crippen LogP contribution is 2.17. The number of halogens is 2. The lowest BCUT2D eigenvalue weighted by Gasteiger charge is -2.12. The number of benzene rings is 1. The Morgan fingerprint density at radius 2 is 2.31 bits per heavy atom. The molecule has 0 radical (unpaired) electrons. The first-order valence-corrected chi connectivity index (χ1v) is 5.68. The maximum Gasteiger partial charge on any atom is 0.321 e. The minimum absolute atomic E-state index is 0.269. The van der Waals surface area contributed by atoms with Crippen LogP contribution in [0, 0.1) is 12.7 Å². The van der Waals surface area contributed by atoms with Crippen LogP contribution in [0.4, 0.5) is 10.1 Å². The molecule has 0 saturated heterocycles. The smallest absolute Gasteiger partial charge is 0.321 e. The minimum atomic E-state index is -0.444. The fraction of sp³-hybridized carbons (Fsp3) is 0.364. The van der Waals surface area contributed by atoms with E-state index in [-0.39, 0.29) is 11.8 Å². The highest BCUT2D eigenvalue weighted by molar-refractivity contribution is 9.10. The van der Waals surface area contributed by atoms with Crippen molar-refractivity contribution in [2.75, 3.05) is 19.0 Å². The first-order valence-electron chi connectivity index (χ1n) is 4.77. The Hall–Kier alpha value is -1.10. The molecule has 1 N–H and O–H groups in total. The molecule has 3 nitrogen and oxygen atoms in total. The summed E-state index contributed by atoms with van der Waals surface area (Å²) in [7, 11) is 1.32. The lowest BCUT2D eigenvalue weighted by molar-refractivity contribution is -0.139. The third-order valence-corrected chi connectivity index (χ3v) is 2.89. The van der Waals surface area contributed by atoms with E-state index < -0.39 is 4.83 Å². The molecule has 0 fully saturated rings. The van der Waals surface area contributed by atoms with E-state index in [0.717, 1.165) is 0 Å². The zero-order valence-electron chi connectivity index (χ0n) is 9.09. The zero-order valence-corrected chi connectivity index (χ0v) is 10.7. The number of alkyl halides is 1. The Bertz CT molecular complexity index is 384. The van der Waals surface area contributed by atoms with Crippen molar-refractivity contribution in [3.8, 4) is 0 Å². The van der Waals surface area contributed by atoms with Crippen LogP contribution in [0.15, 0.2) is 18.2 Å². The summed E-state index contributed by atoms with van der Waals surface area (Å²) >= 11 is 3.17. The van der Waals surface area contributed by atoms with Crippen LogP contribution in [0.1, 0.15) is 5.56 Å². The number of methoxy groups -OCH3 is 1. The second-order valence-corrected chi connectivity index (χ2v) is 4.39. The van der Waals surface area contributed by atoms with Gasteiger partial charge in [-0.3, -0.25) is 4.79 Å². The van der Waals surface area contributed by atoms with Gasteiger partial charge in [0.1, 0.15) is 10.6 Å². The minimum Gasteiger partial charge on any atom is -0.468 e. The third kappa shape index (κ3) is 3.20. The number of hydrogen-bond donors (Lipinski definition) is 1. The SMILES string of the molecule is COC(=O)C(Br)CNc1cccc(F)c1C.